The number of nitrogens with one attached hydrogen (secondary N) is 1. The highest BCUT2D eigenvalue weighted by molar-refractivity contribution is 8.32. The molecule has 1 aliphatic heterocycles. The molecule has 4 aromatic rings. The number of nitriles is 1. The van der Waals surface area contributed by atoms with Crippen LogP contribution in [-0.2, 0) is 24.4 Å². The summed E-state index contributed by atoms with van der Waals surface area (Å²) < 4.78 is 40.5. The van der Waals surface area contributed by atoms with Crippen molar-refractivity contribution < 1.29 is 18.3 Å². The van der Waals surface area contributed by atoms with E-state index in [2.05, 4.69) is 30.2 Å². The molecule has 42 heavy (non-hydrogen) atoms. The molecule has 1 saturated heterocycles. The first-order valence-corrected chi connectivity index (χ1v) is 17.0. The van der Waals surface area contributed by atoms with Crippen molar-refractivity contribution in [3.63, 3.8) is 0 Å². The van der Waals surface area contributed by atoms with Gasteiger partial charge in [0.2, 0.25) is 0 Å². The van der Waals surface area contributed by atoms with Gasteiger partial charge in [0.1, 0.15) is 31.0 Å². The van der Waals surface area contributed by atoms with Crippen LogP contribution in [0.4, 0.5) is 8.78 Å². The molecule has 2 aromatic heterocycles. The lowest BCUT2D eigenvalue weighted by atomic mass is 10.1. The first kappa shape index (κ1) is 29.9. The second kappa shape index (κ2) is 12.8. The predicted molar refractivity (Wildman–Crippen MR) is 162 cm³/mol. The van der Waals surface area contributed by atoms with E-state index in [1.54, 1.807) is 10.7 Å². The van der Waals surface area contributed by atoms with Crippen LogP contribution >= 0.6 is 10.0 Å². The quantitative estimate of drug-likeness (QED) is 0.243. The first-order valence-electron chi connectivity index (χ1n) is 13.9. The van der Waals surface area contributed by atoms with Gasteiger partial charge in [-0.15, -0.1) is 0 Å². The van der Waals surface area contributed by atoms with Gasteiger partial charge in [0, 0.05) is 23.2 Å². The molecule has 0 radical (unpaired) electrons. The zero-order valence-corrected chi connectivity index (χ0v) is 24.9. The fourth-order valence-corrected chi connectivity index (χ4v) is 5.75. The highest BCUT2D eigenvalue weighted by Gasteiger charge is 2.21. The smallest absolute Gasteiger partial charge is 0.274 e. The van der Waals surface area contributed by atoms with Crippen molar-refractivity contribution in [2.75, 3.05) is 44.3 Å². The van der Waals surface area contributed by atoms with E-state index in [1.807, 2.05) is 28.8 Å². The van der Waals surface area contributed by atoms with Crippen molar-refractivity contribution in [1.29, 1.82) is 5.26 Å². The maximum atomic E-state index is 13.3. The van der Waals surface area contributed by atoms with Crippen LogP contribution in [0.3, 0.4) is 0 Å². The third kappa shape index (κ3) is 6.91. The van der Waals surface area contributed by atoms with Crippen LogP contribution < -0.4 is 15.6 Å². The second-order valence-electron chi connectivity index (χ2n) is 11.4. The van der Waals surface area contributed by atoms with Crippen LogP contribution in [0, 0.1) is 11.3 Å². The van der Waals surface area contributed by atoms with E-state index in [1.165, 1.54) is 6.07 Å². The van der Waals surface area contributed by atoms with Crippen LogP contribution in [0.1, 0.15) is 29.9 Å². The number of halogens is 2. The summed E-state index contributed by atoms with van der Waals surface area (Å²) in [6.07, 6.45) is 6.33. The standard InChI is InChI=1S/C30H36F2N6O3S/c1-42(2,3)12-11-40-19-37-26-13-20(16-33)27(41-18-28(31)32)14-25(26)35-29(37)15-24-22-8-4-5-9-23(22)30(39)38(36-24)17-21-7-6-10-34-21/h4-5,8-9,13-14,21,28,34H,6-7,10-12,15,17-19H2,1-3H3. The van der Waals surface area contributed by atoms with E-state index in [9.17, 15) is 18.8 Å². The van der Waals surface area contributed by atoms with Gasteiger partial charge in [0.05, 0.1) is 47.2 Å². The van der Waals surface area contributed by atoms with Crippen molar-refractivity contribution >= 4 is 31.8 Å². The van der Waals surface area contributed by atoms with Crippen molar-refractivity contribution in [2.45, 2.75) is 45.0 Å². The van der Waals surface area contributed by atoms with Gasteiger partial charge in [-0.05, 0) is 50.3 Å². The molecular formula is C30H36F2N6O3S. The van der Waals surface area contributed by atoms with Gasteiger partial charge in [-0.1, -0.05) is 18.2 Å². The molecule has 9 nitrogen and oxygen atoms in total. The summed E-state index contributed by atoms with van der Waals surface area (Å²) in [5.41, 5.74) is 1.81. The Kier molecular flexibility index (Phi) is 9.11. The monoisotopic (exact) mass is 598 g/mol. The SMILES string of the molecule is CS(C)(C)CCOCn1c(Cc2nn(CC3CCCN3)c(=O)c3ccccc23)nc2cc(OCC(F)F)c(C#N)cc21. The number of rotatable bonds is 12. The Morgan fingerprint density at radius 3 is 2.69 bits per heavy atom. The summed E-state index contributed by atoms with van der Waals surface area (Å²) in [7, 11) is -0.758. The van der Waals surface area contributed by atoms with E-state index < -0.39 is 23.1 Å². The van der Waals surface area contributed by atoms with E-state index in [4.69, 9.17) is 19.6 Å². The summed E-state index contributed by atoms with van der Waals surface area (Å²) in [6, 6.07) is 12.8. The molecule has 0 saturated carbocycles. The Morgan fingerprint density at radius 1 is 1.21 bits per heavy atom. The zero-order valence-electron chi connectivity index (χ0n) is 24.1. The third-order valence-corrected chi connectivity index (χ3v) is 8.69. The highest BCUT2D eigenvalue weighted by atomic mass is 32.3. The molecule has 1 aliphatic rings. The van der Waals surface area contributed by atoms with E-state index >= 15 is 0 Å². The normalized spacial score (nSPS) is 16.0. The molecule has 12 heteroatoms. The molecule has 1 N–H and O–H groups in total. The average molecular weight is 599 g/mol. The van der Waals surface area contributed by atoms with Crippen molar-refractivity contribution in [3.05, 3.63) is 63.8 Å². The van der Waals surface area contributed by atoms with Crippen LogP contribution in [0.2, 0.25) is 0 Å². The van der Waals surface area contributed by atoms with Gasteiger partial charge >= 0.3 is 0 Å². The molecular weight excluding hydrogens is 562 g/mol. The molecule has 5 rings (SSSR count). The summed E-state index contributed by atoms with van der Waals surface area (Å²) in [5, 5.41) is 19.3. The molecule has 0 spiro atoms. The van der Waals surface area contributed by atoms with E-state index in [0.717, 1.165) is 30.5 Å². The first-order chi connectivity index (χ1) is 20.1. The highest BCUT2D eigenvalue weighted by Crippen LogP contribution is 2.34. The number of ether oxygens (including phenoxy) is 2. The maximum Gasteiger partial charge on any atom is 0.274 e. The summed E-state index contributed by atoms with van der Waals surface area (Å²) in [5.74, 6) is 1.60. The summed E-state index contributed by atoms with van der Waals surface area (Å²) in [6.45, 7) is 1.32. The minimum absolute atomic E-state index is 0.0555. The number of nitrogens with zero attached hydrogens (tertiary/aromatic N) is 5. The van der Waals surface area contributed by atoms with Crippen molar-refractivity contribution in [2.24, 2.45) is 0 Å². The Morgan fingerprint density at radius 2 is 2.00 bits per heavy atom. The molecule has 0 bridgehead atoms. The fourth-order valence-electron chi connectivity index (χ4n) is 5.14. The summed E-state index contributed by atoms with van der Waals surface area (Å²) in [4.78, 5) is 18.2. The number of aromatic nitrogens is 4. The van der Waals surface area contributed by atoms with E-state index in [-0.39, 0.29) is 36.1 Å². The van der Waals surface area contributed by atoms with Gasteiger partial charge in [-0.2, -0.15) is 10.4 Å². The maximum absolute atomic E-state index is 13.3. The lowest BCUT2D eigenvalue weighted by Gasteiger charge is -2.24. The van der Waals surface area contributed by atoms with Crippen LogP contribution in [0.25, 0.3) is 21.8 Å². The largest absolute Gasteiger partial charge is 0.486 e. The minimum atomic E-state index is -2.67. The Labute approximate surface area is 244 Å². The number of alkyl halides is 2. The van der Waals surface area contributed by atoms with Crippen LogP contribution in [0.15, 0.2) is 41.2 Å². The number of hydrogen-bond acceptors (Lipinski definition) is 7. The lowest BCUT2D eigenvalue weighted by Crippen LogP contribution is -2.34. The number of fused-ring (bicyclic) bond motifs is 2. The Balaban J connectivity index is 1.57. The predicted octanol–water partition coefficient (Wildman–Crippen LogP) is 4.27. The lowest BCUT2D eigenvalue weighted by molar-refractivity contribution is 0.0818. The van der Waals surface area contributed by atoms with Gasteiger partial charge in [0.25, 0.3) is 12.0 Å². The Hall–Kier alpha value is -3.53. The van der Waals surface area contributed by atoms with Gasteiger partial charge in [-0.3, -0.25) is 4.79 Å². The molecule has 224 valence electrons. The fraction of sp³-hybridized carbons (Fsp3) is 0.467. The zero-order chi connectivity index (χ0) is 29.9. The van der Waals surface area contributed by atoms with E-state index in [0.29, 0.717) is 41.1 Å². The third-order valence-electron chi connectivity index (χ3n) is 7.30. The minimum Gasteiger partial charge on any atom is -0.486 e. The molecule has 1 fully saturated rings. The van der Waals surface area contributed by atoms with Crippen molar-refractivity contribution in [1.82, 2.24) is 24.6 Å². The molecule has 0 aliphatic carbocycles. The number of hydrogen-bond donors (Lipinski definition) is 1. The molecule has 3 heterocycles. The van der Waals surface area contributed by atoms with Crippen LogP contribution in [-0.4, -0.2) is 76.1 Å². The molecule has 1 unspecified atom stereocenters. The number of benzene rings is 2. The average Bonchev–Trinajstić information content (AvgIpc) is 3.58. The molecule has 1 atom stereocenters. The van der Waals surface area contributed by atoms with Gasteiger partial charge in [-0.25, -0.2) is 28.5 Å². The topological polar surface area (TPSA) is 107 Å². The van der Waals surface area contributed by atoms with Gasteiger partial charge < -0.3 is 19.4 Å². The molecule has 2 aromatic carbocycles. The second-order valence-corrected chi connectivity index (χ2v) is 16.0. The molecule has 0 amide bonds. The Bertz CT molecular complexity index is 1670. The number of imidazole rings is 1. The van der Waals surface area contributed by atoms with Crippen molar-refractivity contribution in [3.8, 4) is 11.8 Å². The van der Waals surface area contributed by atoms with Crippen LogP contribution in [0.5, 0.6) is 5.75 Å². The summed E-state index contributed by atoms with van der Waals surface area (Å²) >= 11 is 0. The van der Waals surface area contributed by atoms with Gasteiger partial charge in [0.15, 0.2) is 0 Å².